The van der Waals surface area contributed by atoms with Crippen LogP contribution in [0.2, 0.25) is 0 Å². The van der Waals surface area contributed by atoms with Gasteiger partial charge in [0.2, 0.25) is 0 Å². The second-order valence-corrected chi connectivity index (χ2v) is 7.80. The highest BCUT2D eigenvalue weighted by Crippen LogP contribution is 2.40. The largest absolute Gasteiger partial charge is 0.507 e. The molecule has 1 fully saturated rings. The van der Waals surface area contributed by atoms with E-state index in [9.17, 15) is 23.9 Å². The van der Waals surface area contributed by atoms with Crippen molar-refractivity contribution >= 4 is 23.4 Å². The lowest BCUT2D eigenvalue weighted by molar-refractivity contribution is -0.140. The maximum atomic E-state index is 13.7. The van der Waals surface area contributed by atoms with Crippen LogP contribution in [0.15, 0.2) is 78.4 Å². The van der Waals surface area contributed by atoms with Crippen molar-refractivity contribution in [1.29, 1.82) is 0 Å². The summed E-state index contributed by atoms with van der Waals surface area (Å²) in [6.45, 7) is 1.57. The zero-order valence-electron chi connectivity index (χ0n) is 17.7. The van der Waals surface area contributed by atoms with Gasteiger partial charge >= 0.3 is 5.97 Å². The molecule has 2 N–H and O–H groups in total. The molecule has 1 heterocycles. The second kappa shape index (κ2) is 8.70. The number of carboxylic acid groups (broad SMARTS) is 1. The summed E-state index contributed by atoms with van der Waals surface area (Å²) in [5.41, 5.74) is 1.80. The Balaban J connectivity index is 1.81. The van der Waals surface area contributed by atoms with E-state index in [0.717, 1.165) is 0 Å². The Morgan fingerprint density at radius 3 is 2.18 bits per heavy atom. The van der Waals surface area contributed by atoms with Crippen LogP contribution in [0.25, 0.3) is 5.76 Å². The number of benzene rings is 3. The number of halogens is 1. The highest BCUT2D eigenvalue weighted by molar-refractivity contribution is 6.46. The molecule has 1 atom stereocenters. The van der Waals surface area contributed by atoms with Crippen molar-refractivity contribution in [2.45, 2.75) is 19.5 Å². The van der Waals surface area contributed by atoms with Crippen LogP contribution in [-0.2, 0) is 16.1 Å². The first kappa shape index (κ1) is 22.0. The Labute approximate surface area is 189 Å². The molecule has 3 aromatic rings. The van der Waals surface area contributed by atoms with Gasteiger partial charge in [-0.1, -0.05) is 42.5 Å². The number of carboxylic acids is 1. The number of rotatable bonds is 5. The molecule has 1 amide bonds. The number of carbonyl (C=O) groups is 3. The lowest BCUT2D eigenvalue weighted by atomic mass is 9.94. The first-order valence-electron chi connectivity index (χ1n) is 10.2. The summed E-state index contributed by atoms with van der Waals surface area (Å²) in [6.07, 6.45) is 0. The lowest BCUT2D eigenvalue weighted by Crippen LogP contribution is -2.29. The number of hydrogen-bond donors (Lipinski definition) is 2. The van der Waals surface area contributed by atoms with Crippen LogP contribution < -0.4 is 0 Å². The van der Waals surface area contributed by atoms with Crippen molar-refractivity contribution in [3.63, 3.8) is 0 Å². The fourth-order valence-corrected chi connectivity index (χ4v) is 3.92. The highest BCUT2D eigenvalue weighted by Gasteiger charge is 2.46. The number of amides is 1. The normalized spacial score (nSPS) is 17.4. The molecule has 1 saturated heterocycles. The average Bonchev–Trinajstić information content (AvgIpc) is 3.06. The predicted molar refractivity (Wildman–Crippen MR) is 119 cm³/mol. The van der Waals surface area contributed by atoms with Gasteiger partial charge in [-0.2, -0.15) is 0 Å². The SMILES string of the molecule is Cc1cc(/C(O)=C2/C(=O)C(=O)N(Cc3ccc(C(=O)O)cc3)C2c2ccccc2)ccc1F. The number of nitrogens with zero attached hydrogens (tertiary/aromatic N) is 1. The maximum absolute atomic E-state index is 13.7. The van der Waals surface area contributed by atoms with E-state index in [1.165, 1.54) is 35.2 Å². The number of Topliss-reactive ketones (excluding diaryl/α,β-unsaturated/α-hetero) is 1. The number of likely N-dealkylation sites (tertiary alicyclic amines) is 1. The minimum absolute atomic E-state index is 0.0310. The molecule has 3 aromatic carbocycles. The number of hydrogen-bond acceptors (Lipinski definition) is 4. The molecule has 1 aliphatic heterocycles. The standard InChI is InChI=1S/C26H20FNO5/c1-15-13-19(11-12-20(15)27)23(29)21-22(17-5-3-2-4-6-17)28(25(31)24(21)30)14-16-7-9-18(10-8-16)26(32)33/h2-13,22,29H,14H2,1H3,(H,32,33)/b23-21-. The van der Waals surface area contributed by atoms with Crippen LogP contribution in [0.1, 0.15) is 38.7 Å². The molecule has 0 radical (unpaired) electrons. The van der Waals surface area contributed by atoms with Crippen LogP contribution in [0.3, 0.4) is 0 Å². The van der Waals surface area contributed by atoms with Gasteiger partial charge in [-0.3, -0.25) is 9.59 Å². The summed E-state index contributed by atoms with van der Waals surface area (Å²) in [5.74, 6) is -3.52. The Kier molecular flexibility index (Phi) is 5.79. The van der Waals surface area contributed by atoms with E-state index in [2.05, 4.69) is 0 Å². The highest BCUT2D eigenvalue weighted by atomic mass is 19.1. The summed E-state index contributed by atoms with van der Waals surface area (Å²) in [5, 5.41) is 20.1. The van der Waals surface area contributed by atoms with Crippen molar-refractivity contribution in [3.8, 4) is 0 Å². The monoisotopic (exact) mass is 445 g/mol. The minimum Gasteiger partial charge on any atom is -0.507 e. The van der Waals surface area contributed by atoms with E-state index in [0.29, 0.717) is 16.7 Å². The van der Waals surface area contributed by atoms with Crippen molar-refractivity contribution in [1.82, 2.24) is 4.90 Å². The van der Waals surface area contributed by atoms with Gasteiger partial charge in [-0.15, -0.1) is 0 Å². The molecule has 1 unspecified atom stereocenters. The second-order valence-electron chi connectivity index (χ2n) is 7.80. The first-order chi connectivity index (χ1) is 15.8. The molecule has 33 heavy (non-hydrogen) atoms. The van der Waals surface area contributed by atoms with Crippen molar-refractivity contribution < 1.29 is 29.0 Å². The first-order valence-corrected chi connectivity index (χ1v) is 10.2. The van der Waals surface area contributed by atoms with Gasteiger partial charge < -0.3 is 15.1 Å². The van der Waals surface area contributed by atoms with E-state index in [-0.39, 0.29) is 29.0 Å². The number of ketones is 1. The van der Waals surface area contributed by atoms with Gasteiger partial charge in [0.15, 0.2) is 0 Å². The van der Waals surface area contributed by atoms with Gasteiger partial charge in [0.05, 0.1) is 17.2 Å². The fourth-order valence-electron chi connectivity index (χ4n) is 3.92. The molecule has 1 aliphatic rings. The number of aliphatic hydroxyl groups is 1. The third kappa shape index (κ3) is 4.13. The number of aromatic carboxylic acids is 1. The van der Waals surface area contributed by atoms with Gasteiger partial charge in [-0.05, 0) is 53.9 Å². The molecule has 4 rings (SSSR count). The molecule has 0 saturated carbocycles. The maximum Gasteiger partial charge on any atom is 0.335 e. The third-order valence-electron chi connectivity index (χ3n) is 5.64. The van der Waals surface area contributed by atoms with E-state index >= 15 is 0 Å². The third-order valence-corrected chi connectivity index (χ3v) is 5.64. The molecule has 7 heteroatoms. The van der Waals surface area contributed by atoms with Crippen molar-refractivity contribution in [2.24, 2.45) is 0 Å². The van der Waals surface area contributed by atoms with Gasteiger partial charge in [0.25, 0.3) is 11.7 Å². The minimum atomic E-state index is -1.07. The van der Waals surface area contributed by atoms with Gasteiger partial charge in [-0.25, -0.2) is 9.18 Å². The van der Waals surface area contributed by atoms with Crippen LogP contribution in [0.5, 0.6) is 0 Å². The topological polar surface area (TPSA) is 94.9 Å². The van der Waals surface area contributed by atoms with E-state index in [1.54, 1.807) is 49.4 Å². The average molecular weight is 445 g/mol. The number of carbonyl (C=O) groups excluding carboxylic acids is 2. The quantitative estimate of drug-likeness (QED) is 0.344. The summed E-state index contributed by atoms with van der Waals surface area (Å²) in [6, 6.07) is 17.9. The Hall–Kier alpha value is -4.26. The van der Waals surface area contributed by atoms with Crippen molar-refractivity contribution in [3.05, 3.63) is 112 Å². The smallest absolute Gasteiger partial charge is 0.335 e. The molecule has 0 spiro atoms. The van der Waals surface area contributed by atoms with Gasteiger partial charge in [0.1, 0.15) is 11.6 Å². The summed E-state index contributed by atoms with van der Waals surface area (Å²) < 4.78 is 13.7. The van der Waals surface area contributed by atoms with Crippen LogP contribution in [0.4, 0.5) is 4.39 Å². The number of aliphatic hydroxyl groups excluding tert-OH is 1. The summed E-state index contributed by atoms with van der Waals surface area (Å²) in [7, 11) is 0. The number of aryl methyl sites for hydroxylation is 1. The summed E-state index contributed by atoms with van der Waals surface area (Å²) >= 11 is 0. The fraction of sp³-hybridized carbons (Fsp3) is 0.115. The molecule has 0 aromatic heterocycles. The molecule has 0 aliphatic carbocycles. The predicted octanol–water partition coefficient (Wildman–Crippen LogP) is 4.45. The zero-order valence-corrected chi connectivity index (χ0v) is 17.7. The van der Waals surface area contributed by atoms with Crippen LogP contribution in [-0.4, -0.2) is 32.8 Å². The Morgan fingerprint density at radius 2 is 1.58 bits per heavy atom. The zero-order chi connectivity index (χ0) is 23.7. The Morgan fingerprint density at radius 1 is 0.939 bits per heavy atom. The molecule has 6 nitrogen and oxygen atoms in total. The molecular formula is C26H20FNO5. The van der Waals surface area contributed by atoms with Crippen LogP contribution in [0, 0.1) is 12.7 Å². The van der Waals surface area contributed by atoms with Crippen LogP contribution >= 0.6 is 0 Å². The summed E-state index contributed by atoms with van der Waals surface area (Å²) in [4.78, 5) is 38.5. The van der Waals surface area contributed by atoms with Gasteiger partial charge in [0, 0.05) is 12.1 Å². The van der Waals surface area contributed by atoms with E-state index in [4.69, 9.17) is 5.11 Å². The van der Waals surface area contributed by atoms with Crippen molar-refractivity contribution in [2.75, 3.05) is 0 Å². The molecule has 166 valence electrons. The molecule has 0 bridgehead atoms. The van der Waals surface area contributed by atoms with E-state index < -0.39 is 29.5 Å². The van der Waals surface area contributed by atoms with E-state index in [1.807, 2.05) is 0 Å². The molecular weight excluding hydrogens is 425 g/mol. The Bertz CT molecular complexity index is 1280. The lowest BCUT2D eigenvalue weighted by Gasteiger charge is -2.25.